The number of hydrogen-bond donors (Lipinski definition) is 0. The minimum absolute atomic E-state index is 0.242. The van der Waals surface area contributed by atoms with Crippen molar-refractivity contribution in [2.75, 3.05) is 13.2 Å². The molecule has 0 fully saturated rings. The van der Waals surface area contributed by atoms with Crippen LogP contribution in [0.2, 0.25) is 36.3 Å². The Morgan fingerprint density at radius 3 is 1.69 bits per heavy atom. The molecule has 0 aliphatic heterocycles. The second-order valence-electron chi connectivity index (χ2n) is 10.6. The molecule has 4 heteroatoms. The first-order valence-electron chi connectivity index (χ1n) is 10.0. The van der Waals surface area contributed by atoms with Gasteiger partial charge in [0.25, 0.3) is 0 Å². The van der Waals surface area contributed by atoms with Gasteiger partial charge in [-0.2, -0.15) is 0 Å². The van der Waals surface area contributed by atoms with Gasteiger partial charge in [0.2, 0.25) is 0 Å². The van der Waals surface area contributed by atoms with E-state index in [1.54, 1.807) is 0 Å². The lowest BCUT2D eigenvalue weighted by Gasteiger charge is -2.38. The molecule has 1 atom stereocenters. The Morgan fingerprint density at radius 1 is 0.769 bits per heavy atom. The molecule has 0 unspecified atom stereocenters. The van der Waals surface area contributed by atoms with E-state index < -0.39 is 16.6 Å². The van der Waals surface area contributed by atoms with Crippen LogP contribution in [-0.4, -0.2) is 29.8 Å². The second kappa shape index (κ2) is 8.72. The van der Waals surface area contributed by atoms with E-state index in [4.69, 9.17) is 8.85 Å². The van der Waals surface area contributed by atoms with E-state index in [1.165, 1.54) is 5.56 Å². The third kappa shape index (κ3) is 6.63. The van der Waals surface area contributed by atoms with Crippen LogP contribution in [0.25, 0.3) is 0 Å². The van der Waals surface area contributed by atoms with Gasteiger partial charge in [-0.05, 0) is 48.2 Å². The van der Waals surface area contributed by atoms with Crippen molar-refractivity contribution in [2.45, 2.75) is 90.1 Å². The van der Waals surface area contributed by atoms with Crippen molar-refractivity contribution in [3.8, 4) is 0 Å². The second-order valence-corrected chi connectivity index (χ2v) is 20.2. The van der Waals surface area contributed by atoms with Crippen molar-refractivity contribution in [3.05, 3.63) is 35.9 Å². The van der Waals surface area contributed by atoms with Crippen LogP contribution >= 0.6 is 0 Å². The summed E-state index contributed by atoms with van der Waals surface area (Å²) in [5.41, 5.74) is 1.37. The Bertz CT molecular complexity index is 540. The zero-order valence-electron chi connectivity index (χ0n) is 18.9. The summed E-state index contributed by atoms with van der Waals surface area (Å²) in [6.45, 7) is 24.7. The summed E-state index contributed by atoms with van der Waals surface area (Å²) in [5, 5.41) is 0.499. The fraction of sp³-hybridized carbons (Fsp3) is 0.727. The summed E-state index contributed by atoms with van der Waals surface area (Å²) < 4.78 is 13.0. The normalized spacial score (nSPS) is 15.2. The van der Waals surface area contributed by atoms with Gasteiger partial charge < -0.3 is 8.85 Å². The molecule has 1 rings (SSSR count). The minimum Gasteiger partial charge on any atom is -0.417 e. The average molecular weight is 395 g/mol. The smallest absolute Gasteiger partial charge is 0.192 e. The maximum absolute atomic E-state index is 6.56. The van der Waals surface area contributed by atoms with E-state index >= 15 is 0 Å². The monoisotopic (exact) mass is 394 g/mol. The number of hydrogen-bond acceptors (Lipinski definition) is 2. The summed E-state index contributed by atoms with van der Waals surface area (Å²) in [5.74, 6) is 0.398. The quantitative estimate of drug-likeness (QED) is 0.434. The minimum atomic E-state index is -1.74. The molecule has 0 amide bonds. The molecule has 0 radical (unpaired) electrons. The van der Waals surface area contributed by atoms with Crippen LogP contribution in [0, 0.1) is 0 Å². The van der Waals surface area contributed by atoms with Gasteiger partial charge in [-0.3, -0.25) is 0 Å². The first-order chi connectivity index (χ1) is 11.7. The van der Waals surface area contributed by atoms with Crippen LogP contribution < -0.4 is 0 Å². The van der Waals surface area contributed by atoms with Crippen molar-refractivity contribution < 1.29 is 8.85 Å². The van der Waals surface area contributed by atoms with Crippen molar-refractivity contribution in [1.82, 2.24) is 0 Å². The molecule has 0 aliphatic rings. The number of benzene rings is 1. The van der Waals surface area contributed by atoms with Crippen LogP contribution in [0.15, 0.2) is 30.3 Å². The molecular weight excluding hydrogens is 352 g/mol. The van der Waals surface area contributed by atoms with Gasteiger partial charge >= 0.3 is 0 Å². The number of rotatable bonds is 8. The van der Waals surface area contributed by atoms with E-state index in [2.05, 4.69) is 98.1 Å². The molecule has 0 aromatic heterocycles. The predicted molar refractivity (Wildman–Crippen MR) is 120 cm³/mol. The Hall–Kier alpha value is -0.426. The Balaban J connectivity index is 2.79. The average Bonchev–Trinajstić information content (AvgIpc) is 2.49. The van der Waals surface area contributed by atoms with Gasteiger partial charge in [0, 0.05) is 19.1 Å². The van der Waals surface area contributed by atoms with Crippen LogP contribution in [0.3, 0.4) is 0 Å². The van der Waals surface area contributed by atoms with Gasteiger partial charge in [-0.15, -0.1) is 0 Å². The zero-order chi connectivity index (χ0) is 20.2. The topological polar surface area (TPSA) is 18.5 Å². The van der Waals surface area contributed by atoms with Crippen LogP contribution in [0.1, 0.15) is 59.4 Å². The zero-order valence-corrected chi connectivity index (χ0v) is 20.9. The van der Waals surface area contributed by atoms with E-state index in [-0.39, 0.29) is 10.1 Å². The van der Waals surface area contributed by atoms with Gasteiger partial charge in [0.05, 0.1) is 0 Å². The Morgan fingerprint density at radius 2 is 1.23 bits per heavy atom. The molecule has 1 aromatic carbocycles. The summed E-state index contributed by atoms with van der Waals surface area (Å²) in [7, 11) is -3.43. The van der Waals surface area contributed by atoms with Crippen LogP contribution in [0.5, 0.6) is 0 Å². The molecule has 2 nitrogen and oxygen atoms in total. The molecule has 150 valence electrons. The van der Waals surface area contributed by atoms with Crippen molar-refractivity contribution in [2.24, 2.45) is 0 Å². The summed E-state index contributed by atoms with van der Waals surface area (Å²) in [4.78, 5) is 0. The molecule has 0 aliphatic carbocycles. The molecule has 0 saturated heterocycles. The Labute approximate surface area is 165 Å². The first kappa shape index (κ1) is 23.6. The largest absolute Gasteiger partial charge is 0.417 e. The van der Waals surface area contributed by atoms with E-state index in [1.807, 2.05) is 0 Å². The first-order valence-corrected chi connectivity index (χ1v) is 15.8. The summed E-state index contributed by atoms with van der Waals surface area (Å²) in [6, 6.07) is 10.8. The highest BCUT2D eigenvalue weighted by Gasteiger charge is 2.38. The fourth-order valence-electron chi connectivity index (χ4n) is 2.27. The highest BCUT2D eigenvalue weighted by molar-refractivity contribution is 6.74. The molecule has 0 spiro atoms. The van der Waals surface area contributed by atoms with Crippen LogP contribution in [0.4, 0.5) is 0 Å². The predicted octanol–water partition coefficient (Wildman–Crippen LogP) is 7.20. The van der Waals surface area contributed by atoms with Gasteiger partial charge in [-0.25, -0.2) is 0 Å². The van der Waals surface area contributed by atoms with Crippen LogP contribution in [-0.2, 0) is 8.85 Å². The lowest BCUT2D eigenvalue weighted by Crippen LogP contribution is -2.42. The lowest BCUT2D eigenvalue weighted by atomic mass is 9.97. The molecule has 0 saturated carbocycles. The van der Waals surface area contributed by atoms with E-state index in [9.17, 15) is 0 Å². The van der Waals surface area contributed by atoms with E-state index in [0.29, 0.717) is 5.92 Å². The molecular formula is C22H42O2Si2. The van der Waals surface area contributed by atoms with Crippen molar-refractivity contribution in [1.29, 1.82) is 0 Å². The molecule has 26 heavy (non-hydrogen) atoms. The molecule has 0 heterocycles. The molecule has 0 bridgehead atoms. The third-order valence-corrected chi connectivity index (χ3v) is 15.5. The van der Waals surface area contributed by atoms with Gasteiger partial charge in [0.15, 0.2) is 16.6 Å². The fourth-order valence-corrected chi connectivity index (χ4v) is 4.38. The lowest BCUT2D eigenvalue weighted by molar-refractivity contribution is 0.221. The van der Waals surface area contributed by atoms with Gasteiger partial charge in [0.1, 0.15) is 0 Å². The molecule has 1 aromatic rings. The van der Waals surface area contributed by atoms with E-state index in [0.717, 1.165) is 19.6 Å². The summed E-state index contributed by atoms with van der Waals surface area (Å²) >= 11 is 0. The highest BCUT2D eigenvalue weighted by Crippen LogP contribution is 2.39. The maximum Gasteiger partial charge on any atom is 0.192 e. The van der Waals surface area contributed by atoms with Crippen molar-refractivity contribution >= 4 is 16.6 Å². The summed E-state index contributed by atoms with van der Waals surface area (Å²) in [6.07, 6.45) is 1.02. The highest BCUT2D eigenvalue weighted by atomic mass is 28.4. The maximum atomic E-state index is 6.56. The van der Waals surface area contributed by atoms with Crippen molar-refractivity contribution in [3.63, 3.8) is 0 Å². The molecule has 0 N–H and O–H groups in total. The van der Waals surface area contributed by atoms with Gasteiger partial charge in [-0.1, -0.05) is 71.9 Å². The SMILES string of the molecule is CC(C)(C)[Si](C)(C)OCC[C@@H](CO[Si](C)(C)C(C)(C)C)c1ccccc1. The third-order valence-electron chi connectivity index (χ3n) is 6.46. The Kier molecular flexibility index (Phi) is 7.92. The standard InChI is InChI=1S/C22H42O2Si2/c1-21(2,3)25(7,8)23-17-16-20(19-14-12-11-13-15-19)18-24-26(9,10)22(4,5)6/h11-15,20H,16-18H2,1-10H3/t20-/m0/s1.